The van der Waals surface area contributed by atoms with Gasteiger partial charge in [-0.25, -0.2) is 8.42 Å². The lowest BCUT2D eigenvalue weighted by Crippen LogP contribution is -2.39. The summed E-state index contributed by atoms with van der Waals surface area (Å²) in [6, 6.07) is 23.5. The molecule has 0 radical (unpaired) electrons. The fourth-order valence-electron chi connectivity index (χ4n) is 5.41. The fraction of sp³-hybridized carbons (Fsp3) is 0.296. The molecule has 0 fully saturated rings. The molecular weight excluding hydrogens is 434 g/mol. The van der Waals surface area contributed by atoms with E-state index in [4.69, 9.17) is 4.74 Å². The van der Waals surface area contributed by atoms with E-state index in [1.165, 1.54) is 41.5 Å². The lowest BCUT2D eigenvalue weighted by molar-refractivity contribution is 0.0943. The number of methoxy groups -OCH3 is 1. The van der Waals surface area contributed by atoms with E-state index in [2.05, 4.69) is 53.8 Å². The number of sulfone groups is 1. The number of carbonyl (C=O) groups is 1. The summed E-state index contributed by atoms with van der Waals surface area (Å²) in [6.45, 7) is 0.719. The van der Waals surface area contributed by atoms with Crippen molar-refractivity contribution in [1.29, 1.82) is 0 Å². The minimum absolute atomic E-state index is 0.0811. The highest BCUT2D eigenvalue weighted by atomic mass is 32.2. The second-order valence-electron chi connectivity index (χ2n) is 8.83. The van der Waals surface area contributed by atoms with Gasteiger partial charge in [-0.05, 0) is 58.9 Å². The number of hydrogen-bond acceptors (Lipinski definition) is 4. The van der Waals surface area contributed by atoms with Gasteiger partial charge in [0.2, 0.25) is 0 Å². The van der Waals surface area contributed by atoms with Crippen molar-refractivity contribution in [3.8, 4) is 0 Å². The standard InChI is InChI=1S/C27H27NO4S/c1-32-14-15-33(30,31)20-12-10-18(11-13-20)27(29)28-17-19-16-25-21-6-2-4-8-23(21)26(19)24-9-5-3-7-22(24)25/h2-13,19,25-26H,14-17H2,1H3,(H,28,29). The maximum Gasteiger partial charge on any atom is 0.251 e. The fourth-order valence-corrected chi connectivity index (χ4v) is 6.58. The highest BCUT2D eigenvalue weighted by molar-refractivity contribution is 7.91. The Labute approximate surface area is 194 Å². The summed E-state index contributed by atoms with van der Waals surface area (Å²) < 4.78 is 29.5. The maximum atomic E-state index is 12.8. The van der Waals surface area contributed by atoms with Crippen LogP contribution in [0.25, 0.3) is 0 Å². The summed E-state index contributed by atoms with van der Waals surface area (Å²) >= 11 is 0. The van der Waals surface area contributed by atoms with E-state index in [1.54, 1.807) is 12.1 Å². The molecular formula is C27H27NO4S. The number of amides is 1. The van der Waals surface area contributed by atoms with Gasteiger partial charge in [0.25, 0.3) is 5.91 Å². The van der Waals surface area contributed by atoms with E-state index in [9.17, 15) is 13.2 Å². The van der Waals surface area contributed by atoms with Crippen LogP contribution in [0, 0.1) is 5.92 Å². The summed E-state index contributed by atoms with van der Waals surface area (Å²) in [5.41, 5.74) is 6.03. The van der Waals surface area contributed by atoms with Crippen LogP contribution in [-0.2, 0) is 14.6 Å². The molecule has 170 valence electrons. The highest BCUT2D eigenvalue weighted by Gasteiger charge is 2.42. The Bertz CT molecular complexity index is 1240. The Morgan fingerprint density at radius 1 is 0.909 bits per heavy atom. The molecule has 1 unspecified atom stereocenters. The van der Waals surface area contributed by atoms with Gasteiger partial charge in [-0.3, -0.25) is 4.79 Å². The van der Waals surface area contributed by atoms with Crippen molar-refractivity contribution in [3.05, 3.63) is 101 Å². The molecule has 3 aliphatic carbocycles. The second-order valence-corrected chi connectivity index (χ2v) is 10.9. The molecule has 0 heterocycles. The number of benzene rings is 3. The van der Waals surface area contributed by atoms with Gasteiger partial charge in [0.05, 0.1) is 17.3 Å². The number of fused-ring (bicyclic) bond motifs is 1. The van der Waals surface area contributed by atoms with Crippen molar-refractivity contribution >= 4 is 15.7 Å². The summed E-state index contributed by atoms with van der Waals surface area (Å²) in [5, 5.41) is 3.10. The third-order valence-electron chi connectivity index (χ3n) is 6.98. The molecule has 2 bridgehead atoms. The molecule has 3 aromatic carbocycles. The van der Waals surface area contributed by atoms with E-state index >= 15 is 0 Å². The van der Waals surface area contributed by atoms with Crippen LogP contribution in [0.5, 0.6) is 0 Å². The molecule has 33 heavy (non-hydrogen) atoms. The van der Waals surface area contributed by atoms with Crippen LogP contribution >= 0.6 is 0 Å². The zero-order valence-corrected chi connectivity index (χ0v) is 19.3. The Kier molecular flexibility index (Phi) is 5.81. The summed E-state index contributed by atoms with van der Waals surface area (Å²) in [6.07, 6.45) is 1.01. The van der Waals surface area contributed by atoms with Crippen molar-refractivity contribution in [2.24, 2.45) is 5.92 Å². The van der Waals surface area contributed by atoms with Gasteiger partial charge in [0, 0.05) is 31.1 Å². The predicted molar refractivity (Wildman–Crippen MR) is 127 cm³/mol. The van der Waals surface area contributed by atoms with Crippen LogP contribution in [0.2, 0.25) is 0 Å². The summed E-state index contributed by atoms with van der Waals surface area (Å²) in [7, 11) is -1.94. The molecule has 0 aromatic heterocycles. The Morgan fingerprint density at radius 3 is 2.06 bits per heavy atom. The zero-order chi connectivity index (χ0) is 23.0. The first-order valence-corrected chi connectivity index (χ1v) is 12.9. The molecule has 0 saturated carbocycles. The average Bonchev–Trinajstić information content (AvgIpc) is 2.86. The minimum atomic E-state index is -3.41. The lowest BCUT2D eigenvalue weighted by Gasteiger charge is -2.45. The molecule has 1 atom stereocenters. The van der Waals surface area contributed by atoms with Crippen LogP contribution in [0.4, 0.5) is 0 Å². The van der Waals surface area contributed by atoms with E-state index in [0.717, 1.165) is 6.42 Å². The summed E-state index contributed by atoms with van der Waals surface area (Å²) in [5.74, 6) is 0.690. The highest BCUT2D eigenvalue weighted by Crippen LogP contribution is 2.55. The molecule has 1 N–H and O–H groups in total. The van der Waals surface area contributed by atoms with Gasteiger partial charge in [0.1, 0.15) is 0 Å². The van der Waals surface area contributed by atoms with Crippen LogP contribution in [0.3, 0.4) is 0 Å². The van der Waals surface area contributed by atoms with Crippen molar-refractivity contribution in [2.45, 2.75) is 23.2 Å². The number of ether oxygens (including phenoxy) is 1. The van der Waals surface area contributed by atoms with Crippen LogP contribution < -0.4 is 5.32 Å². The number of nitrogens with one attached hydrogen (secondary N) is 1. The monoisotopic (exact) mass is 461 g/mol. The molecule has 0 saturated heterocycles. The zero-order valence-electron chi connectivity index (χ0n) is 18.5. The van der Waals surface area contributed by atoms with Gasteiger partial charge in [-0.15, -0.1) is 0 Å². The first-order chi connectivity index (χ1) is 16.0. The van der Waals surface area contributed by atoms with Crippen molar-refractivity contribution in [3.63, 3.8) is 0 Å². The van der Waals surface area contributed by atoms with E-state index in [0.29, 0.717) is 23.9 Å². The summed E-state index contributed by atoms with van der Waals surface area (Å²) in [4.78, 5) is 13.0. The number of hydrogen-bond donors (Lipinski definition) is 1. The van der Waals surface area contributed by atoms with Gasteiger partial charge < -0.3 is 10.1 Å². The van der Waals surface area contributed by atoms with E-state index < -0.39 is 9.84 Å². The normalized spacial score (nSPS) is 20.7. The third kappa shape index (κ3) is 3.98. The molecule has 3 aliphatic rings. The van der Waals surface area contributed by atoms with Gasteiger partial charge in [-0.2, -0.15) is 0 Å². The Morgan fingerprint density at radius 2 is 1.48 bits per heavy atom. The maximum absolute atomic E-state index is 12.8. The van der Waals surface area contributed by atoms with Crippen LogP contribution in [-0.4, -0.2) is 40.3 Å². The molecule has 0 aliphatic heterocycles. The molecule has 3 aromatic rings. The SMILES string of the molecule is COCCS(=O)(=O)c1ccc(C(=O)NCC2CC3c4ccccc4C2c2ccccc23)cc1. The predicted octanol–water partition coefficient (Wildman–Crippen LogP) is 4.13. The molecule has 0 spiro atoms. The average molecular weight is 462 g/mol. The van der Waals surface area contributed by atoms with E-state index in [-0.39, 0.29) is 29.1 Å². The Hall–Kier alpha value is -2.96. The number of carbonyl (C=O) groups excluding carboxylic acids is 1. The van der Waals surface area contributed by atoms with Crippen LogP contribution in [0.1, 0.15) is 50.9 Å². The quantitative estimate of drug-likeness (QED) is 0.574. The van der Waals surface area contributed by atoms with Gasteiger partial charge in [-0.1, -0.05) is 48.5 Å². The lowest BCUT2D eigenvalue weighted by atomic mass is 9.59. The first-order valence-electron chi connectivity index (χ1n) is 11.3. The van der Waals surface area contributed by atoms with Crippen LogP contribution in [0.15, 0.2) is 77.7 Å². The largest absolute Gasteiger partial charge is 0.384 e. The third-order valence-corrected chi connectivity index (χ3v) is 8.67. The van der Waals surface area contributed by atoms with Crippen molar-refractivity contribution in [1.82, 2.24) is 5.32 Å². The topological polar surface area (TPSA) is 72.5 Å². The van der Waals surface area contributed by atoms with Gasteiger partial charge in [0.15, 0.2) is 9.84 Å². The molecule has 6 rings (SSSR count). The first kappa shape index (κ1) is 21.9. The van der Waals surface area contributed by atoms with E-state index in [1.807, 2.05) is 0 Å². The van der Waals surface area contributed by atoms with Crippen molar-refractivity contribution < 1.29 is 17.9 Å². The molecule has 1 amide bonds. The molecule has 6 heteroatoms. The second kappa shape index (κ2) is 8.76. The minimum Gasteiger partial charge on any atom is -0.384 e. The molecule has 5 nitrogen and oxygen atoms in total. The van der Waals surface area contributed by atoms with Crippen molar-refractivity contribution in [2.75, 3.05) is 26.0 Å². The Balaban J connectivity index is 1.31. The van der Waals surface area contributed by atoms with Gasteiger partial charge >= 0.3 is 0 Å². The number of rotatable bonds is 7. The smallest absolute Gasteiger partial charge is 0.251 e.